The van der Waals surface area contributed by atoms with Gasteiger partial charge < -0.3 is 24.1 Å². The SMILES string of the molecule is CC(=O)c1ccc(OCCN2CCC(C)(Oc3ccc(Cl)cc3)CC2)cc1.CC(O)c1ccc(OCCN2CCC(C)(Oc3ccc(Cl)cc3)CC2)cc1. The van der Waals surface area contributed by atoms with Gasteiger partial charge in [0.25, 0.3) is 0 Å². The van der Waals surface area contributed by atoms with Gasteiger partial charge in [0.15, 0.2) is 5.78 Å². The normalized spacial score (nSPS) is 17.4. The molecule has 4 aromatic rings. The standard InChI is InChI=1S/C22H28ClNO3.C22H26ClNO3/c2*1-17(25)18-3-7-20(8-4-18)26-16-15-24-13-11-22(2,12-14-24)27-21-9-5-19(23)6-10-21/h3-10,17,25H,11-16H2,1-2H3;3-10H,11-16H2,1-2H3. The van der Waals surface area contributed by atoms with E-state index in [1.165, 1.54) is 0 Å². The summed E-state index contributed by atoms with van der Waals surface area (Å²) in [5, 5.41) is 11.0. The second kappa shape index (κ2) is 19.7. The van der Waals surface area contributed by atoms with Crippen molar-refractivity contribution in [3.05, 3.63) is 118 Å². The molecule has 1 atom stereocenters. The van der Waals surface area contributed by atoms with E-state index in [4.69, 9.17) is 42.1 Å². The third-order valence-electron chi connectivity index (χ3n) is 10.2. The summed E-state index contributed by atoms with van der Waals surface area (Å²) in [7, 11) is 0. The number of hydrogen-bond acceptors (Lipinski definition) is 8. The van der Waals surface area contributed by atoms with Gasteiger partial charge in [0.2, 0.25) is 0 Å². The van der Waals surface area contributed by atoms with Gasteiger partial charge >= 0.3 is 0 Å². The summed E-state index contributed by atoms with van der Waals surface area (Å²) in [5.74, 6) is 3.45. The fourth-order valence-electron chi connectivity index (χ4n) is 6.49. The summed E-state index contributed by atoms with van der Waals surface area (Å²) in [6.07, 6.45) is 3.47. The van der Waals surface area contributed by atoms with E-state index in [1.54, 1.807) is 26.0 Å². The topological polar surface area (TPSA) is 80.7 Å². The number of ketones is 1. The molecule has 4 aromatic carbocycles. The zero-order chi connectivity index (χ0) is 38.6. The van der Waals surface area contributed by atoms with E-state index in [0.717, 1.165) is 104 Å². The quantitative estimate of drug-likeness (QED) is 0.127. The van der Waals surface area contributed by atoms with Crippen molar-refractivity contribution < 1.29 is 28.8 Å². The Morgan fingerprint density at radius 3 is 1.33 bits per heavy atom. The smallest absolute Gasteiger partial charge is 0.159 e. The lowest BCUT2D eigenvalue weighted by Crippen LogP contribution is -2.47. The van der Waals surface area contributed by atoms with Crippen LogP contribution in [-0.2, 0) is 0 Å². The molecule has 1 N–H and O–H groups in total. The van der Waals surface area contributed by atoms with Crippen molar-refractivity contribution in [2.75, 3.05) is 52.5 Å². The second-order valence-corrected chi connectivity index (χ2v) is 15.6. The lowest BCUT2D eigenvalue weighted by atomic mass is 9.93. The van der Waals surface area contributed by atoms with Crippen LogP contribution in [0.25, 0.3) is 0 Å². The summed E-state index contributed by atoms with van der Waals surface area (Å²) in [6.45, 7) is 14.7. The first kappa shape index (κ1) is 41.4. The largest absolute Gasteiger partial charge is 0.492 e. The number of carbonyl (C=O) groups is 1. The van der Waals surface area contributed by atoms with E-state index in [1.807, 2.05) is 84.9 Å². The van der Waals surface area contributed by atoms with Crippen LogP contribution in [0.3, 0.4) is 0 Å². The molecule has 0 aliphatic carbocycles. The van der Waals surface area contributed by atoms with Crippen LogP contribution in [0.15, 0.2) is 97.1 Å². The molecule has 290 valence electrons. The Kier molecular flexibility index (Phi) is 15.1. The minimum Gasteiger partial charge on any atom is -0.492 e. The van der Waals surface area contributed by atoms with Crippen LogP contribution in [0, 0.1) is 0 Å². The highest BCUT2D eigenvalue weighted by Crippen LogP contribution is 2.30. The Hall–Kier alpha value is -3.79. The maximum atomic E-state index is 11.3. The summed E-state index contributed by atoms with van der Waals surface area (Å²) in [4.78, 5) is 16.1. The first-order valence-corrected chi connectivity index (χ1v) is 19.6. The maximum absolute atomic E-state index is 11.3. The minimum absolute atomic E-state index is 0.0683. The molecule has 10 heteroatoms. The molecule has 1 unspecified atom stereocenters. The van der Waals surface area contributed by atoms with Gasteiger partial charge in [-0.25, -0.2) is 0 Å². The number of ether oxygens (including phenoxy) is 4. The molecule has 0 spiro atoms. The predicted octanol–water partition coefficient (Wildman–Crippen LogP) is 9.56. The van der Waals surface area contributed by atoms with Gasteiger partial charge in [-0.15, -0.1) is 0 Å². The molecular weight excluding hydrogens is 723 g/mol. The highest BCUT2D eigenvalue weighted by atomic mass is 35.5. The number of hydrogen-bond donors (Lipinski definition) is 1. The van der Waals surface area contributed by atoms with Crippen LogP contribution >= 0.6 is 23.2 Å². The van der Waals surface area contributed by atoms with Gasteiger partial charge in [0.1, 0.15) is 47.4 Å². The third-order valence-corrected chi connectivity index (χ3v) is 10.7. The van der Waals surface area contributed by atoms with E-state index in [9.17, 15) is 9.90 Å². The van der Waals surface area contributed by atoms with Gasteiger partial charge in [0, 0.05) is 54.9 Å². The summed E-state index contributed by atoms with van der Waals surface area (Å²) >= 11 is 11.9. The number of piperidine rings is 2. The lowest BCUT2D eigenvalue weighted by Gasteiger charge is -2.39. The van der Waals surface area contributed by atoms with Crippen molar-refractivity contribution in [3.8, 4) is 23.0 Å². The van der Waals surface area contributed by atoms with Crippen LogP contribution in [-0.4, -0.2) is 84.4 Å². The van der Waals surface area contributed by atoms with Gasteiger partial charge in [0.05, 0.1) is 6.10 Å². The molecule has 8 nitrogen and oxygen atoms in total. The van der Waals surface area contributed by atoms with Crippen molar-refractivity contribution in [1.82, 2.24) is 9.80 Å². The second-order valence-electron chi connectivity index (χ2n) is 14.7. The third kappa shape index (κ3) is 13.2. The van der Waals surface area contributed by atoms with E-state index in [2.05, 4.69) is 23.6 Å². The molecule has 2 heterocycles. The number of nitrogens with zero attached hydrogens (tertiary/aromatic N) is 2. The molecule has 2 aliphatic rings. The van der Waals surface area contributed by atoms with Crippen LogP contribution < -0.4 is 18.9 Å². The number of likely N-dealkylation sites (tertiary alicyclic amines) is 2. The van der Waals surface area contributed by atoms with E-state index in [0.29, 0.717) is 18.8 Å². The molecule has 0 bridgehead atoms. The first-order valence-electron chi connectivity index (χ1n) is 18.9. The van der Waals surface area contributed by atoms with E-state index in [-0.39, 0.29) is 17.0 Å². The number of aliphatic hydroxyl groups excluding tert-OH is 1. The molecular formula is C44H54Cl2N2O6. The number of halogens is 2. The van der Waals surface area contributed by atoms with Crippen molar-refractivity contribution in [2.24, 2.45) is 0 Å². The predicted molar refractivity (Wildman–Crippen MR) is 217 cm³/mol. The van der Waals surface area contributed by atoms with Crippen molar-refractivity contribution in [2.45, 2.75) is 70.7 Å². The van der Waals surface area contributed by atoms with Crippen molar-refractivity contribution in [1.29, 1.82) is 0 Å². The number of aliphatic hydroxyl groups is 1. The average molecular weight is 778 g/mol. The highest BCUT2D eigenvalue weighted by Gasteiger charge is 2.33. The molecule has 2 fully saturated rings. The molecule has 0 aromatic heterocycles. The number of rotatable bonds is 14. The van der Waals surface area contributed by atoms with Crippen molar-refractivity contribution in [3.63, 3.8) is 0 Å². The molecule has 54 heavy (non-hydrogen) atoms. The average Bonchev–Trinajstić information content (AvgIpc) is 3.16. The Balaban J connectivity index is 0.000000208. The van der Waals surface area contributed by atoms with E-state index >= 15 is 0 Å². The Labute approximate surface area is 330 Å². The summed E-state index contributed by atoms with van der Waals surface area (Å²) in [5.41, 5.74) is 1.33. The fraction of sp³-hybridized carbons (Fsp3) is 0.432. The molecule has 2 saturated heterocycles. The number of benzene rings is 4. The monoisotopic (exact) mass is 776 g/mol. The molecule has 0 radical (unpaired) electrons. The molecule has 0 saturated carbocycles. The van der Waals surface area contributed by atoms with Crippen LogP contribution in [0.2, 0.25) is 10.0 Å². The maximum Gasteiger partial charge on any atom is 0.159 e. The van der Waals surface area contributed by atoms with Gasteiger partial charge in [-0.3, -0.25) is 14.6 Å². The molecule has 6 rings (SSSR count). The Morgan fingerprint density at radius 1 is 0.630 bits per heavy atom. The van der Waals surface area contributed by atoms with Gasteiger partial charge in [-0.1, -0.05) is 35.3 Å². The zero-order valence-corrected chi connectivity index (χ0v) is 33.5. The van der Waals surface area contributed by atoms with Crippen LogP contribution in [0.1, 0.15) is 75.4 Å². The highest BCUT2D eigenvalue weighted by molar-refractivity contribution is 6.30. The number of Topliss-reactive ketones (excluding diaryl/α,β-unsaturated/α-hetero) is 1. The first-order chi connectivity index (χ1) is 25.9. The molecule has 0 amide bonds. The Bertz CT molecular complexity index is 1720. The molecule has 2 aliphatic heterocycles. The minimum atomic E-state index is -0.447. The van der Waals surface area contributed by atoms with Crippen molar-refractivity contribution >= 4 is 29.0 Å². The lowest BCUT2D eigenvalue weighted by molar-refractivity contribution is 0.0133. The summed E-state index contributed by atoms with van der Waals surface area (Å²) < 4.78 is 24.1. The van der Waals surface area contributed by atoms with Gasteiger partial charge in [-0.2, -0.15) is 0 Å². The fourth-order valence-corrected chi connectivity index (χ4v) is 6.74. The van der Waals surface area contributed by atoms with Gasteiger partial charge in [-0.05, 0) is 144 Å². The number of carbonyl (C=O) groups excluding carboxylic acids is 1. The van der Waals surface area contributed by atoms with Crippen LogP contribution in [0.5, 0.6) is 23.0 Å². The van der Waals surface area contributed by atoms with Crippen LogP contribution in [0.4, 0.5) is 0 Å². The Morgan fingerprint density at radius 2 is 0.981 bits per heavy atom. The summed E-state index contributed by atoms with van der Waals surface area (Å²) in [6, 6.07) is 30.1. The van der Waals surface area contributed by atoms with E-state index < -0.39 is 6.10 Å². The zero-order valence-electron chi connectivity index (χ0n) is 31.9.